The largest absolute Gasteiger partial charge is 0.493 e. The number of methoxy groups -OCH3 is 1. The number of halogens is 1. The van der Waals surface area contributed by atoms with Gasteiger partial charge in [0, 0.05) is 22.2 Å². The molecule has 6 rings (SSSR count). The van der Waals surface area contributed by atoms with Crippen LogP contribution in [0.4, 0.5) is 11.4 Å². The number of para-hydroxylation sites is 2. The van der Waals surface area contributed by atoms with Gasteiger partial charge in [0.15, 0.2) is 28.8 Å². The zero-order valence-corrected chi connectivity index (χ0v) is 23.1. The maximum Gasteiger partial charge on any atom is 0.231 e. The van der Waals surface area contributed by atoms with Crippen molar-refractivity contribution in [2.24, 2.45) is 0 Å². The van der Waals surface area contributed by atoms with Gasteiger partial charge >= 0.3 is 0 Å². The number of nitrogens with one attached hydrogen (secondary N) is 2. The van der Waals surface area contributed by atoms with E-state index in [0.29, 0.717) is 35.8 Å². The van der Waals surface area contributed by atoms with Gasteiger partial charge in [-0.3, -0.25) is 4.79 Å². The van der Waals surface area contributed by atoms with Crippen LogP contribution in [0.15, 0.2) is 70.3 Å². The van der Waals surface area contributed by atoms with Crippen LogP contribution in [0.5, 0.6) is 23.0 Å². The molecule has 2 atom stereocenters. The summed E-state index contributed by atoms with van der Waals surface area (Å²) in [5.41, 5.74) is 5.49. The van der Waals surface area contributed by atoms with Crippen LogP contribution >= 0.6 is 15.9 Å². The Balaban J connectivity index is 1.41. The Bertz CT molecular complexity index is 1450. The number of benzene rings is 3. The number of Topliss-reactive ketones (excluding diaryl/α,β-unsaturated/α-hetero) is 1. The smallest absolute Gasteiger partial charge is 0.231 e. The number of fused-ring (bicyclic) bond motifs is 2. The van der Waals surface area contributed by atoms with Crippen molar-refractivity contribution in [1.82, 2.24) is 0 Å². The summed E-state index contributed by atoms with van der Waals surface area (Å²) in [7, 11) is 1.64. The van der Waals surface area contributed by atoms with Crippen molar-refractivity contribution in [2.75, 3.05) is 24.5 Å². The SMILES string of the molecule is COc1cc(C2CC(=O)C3=C(C2)Nc2ccccc2NC3c2cc3c(cc2Br)OCO3)ccc1OC(C)C. The first-order chi connectivity index (χ1) is 18.4. The van der Waals surface area contributed by atoms with E-state index >= 15 is 0 Å². The number of carbonyl (C=O) groups excluding carboxylic acids is 1. The number of carbonyl (C=O) groups is 1. The fraction of sp³-hybridized carbons (Fsp3) is 0.300. The number of rotatable bonds is 5. The molecule has 8 heteroatoms. The van der Waals surface area contributed by atoms with Crippen molar-refractivity contribution < 1.29 is 23.7 Å². The van der Waals surface area contributed by atoms with Gasteiger partial charge in [-0.15, -0.1) is 0 Å². The molecule has 0 amide bonds. The summed E-state index contributed by atoms with van der Waals surface area (Å²) >= 11 is 3.72. The number of hydrogen-bond donors (Lipinski definition) is 2. The lowest BCUT2D eigenvalue weighted by molar-refractivity contribution is -0.116. The first kappa shape index (κ1) is 24.7. The summed E-state index contributed by atoms with van der Waals surface area (Å²) < 4.78 is 23.6. The highest BCUT2D eigenvalue weighted by Crippen LogP contribution is 2.48. The maximum atomic E-state index is 13.9. The summed E-state index contributed by atoms with van der Waals surface area (Å²) in [6.07, 6.45) is 1.11. The Morgan fingerprint density at radius 3 is 2.50 bits per heavy atom. The number of allylic oxidation sites excluding steroid dienone is 1. The molecule has 3 aromatic carbocycles. The molecule has 7 nitrogen and oxygen atoms in total. The highest BCUT2D eigenvalue weighted by molar-refractivity contribution is 9.10. The molecule has 1 aliphatic carbocycles. The molecule has 38 heavy (non-hydrogen) atoms. The lowest BCUT2D eigenvalue weighted by Crippen LogP contribution is -2.27. The molecule has 3 aromatic rings. The molecule has 0 fully saturated rings. The predicted molar refractivity (Wildman–Crippen MR) is 149 cm³/mol. The average molecular weight is 577 g/mol. The van der Waals surface area contributed by atoms with Crippen molar-refractivity contribution in [3.05, 3.63) is 81.5 Å². The van der Waals surface area contributed by atoms with Crippen molar-refractivity contribution in [3.63, 3.8) is 0 Å². The van der Waals surface area contributed by atoms with Crippen molar-refractivity contribution in [3.8, 4) is 23.0 Å². The van der Waals surface area contributed by atoms with Crippen LogP contribution in [0.3, 0.4) is 0 Å². The van der Waals surface area contributed by atoms with E-state index in [0.717, 1.165) is 38.2 Å². The standard InChI is InChI=1S/C30H29BrN2O5/c1-16(2)38-25-9-8-17(12-26(25)35-3)18-10-23-29(24(34)11-18)30(33-22-7-5-4-6-21(22)32-23)19-13-27-28(14-20(19)31)37-15-36-27/h4-9,12-14,16,18,30,32-33H,10-11,15H2,1-3H3. The van der Waals surface area contributed by atoms with Gasteiger partial charge in [-0.25, -0.2) is 0 Å². The van der Waals surface area contributed by atoms with Gasteiger partial charge in [-0.05, 0) is 73.7 Å². The molecule has 0 saturated carbocycles. The summed E-state index contributed by atoms with van der Waals surface area (Å²) in [5, 5.41) is 7.23. The molecule has 0 aromatic heterocycles. The normalized spacial score (nSPS) is 19.8. The lowest BCUT2D eigenvalue weighted by Gasteiger charge is -2.30. The van der Waals surface area contributed by atoms with E-state index in [1.807, 2.05) is 68.4 Å². The fourth-order valence-corrected chi connectivity index (χ4v) is 5.96. The summed E-state index contributed by atoms with van der Waals surface area (Å²) in [5.74, 6) is 2.84. The zero-order valence-electron chi connectivity index (χ0n) is 21.5. The van der Waals surface area contributed by atoms with Crippen LogP contribution in [-0.4, -0.2) is 25.8 Å². The lowest BCUT2D eigenvalue weighted by atomic mass is 9.78. The van der Waals surface area contributed by atoms with Crippen molar-refractivity contribution in [2.45, 2.75) is 44.8 Å². The van der Waals surface area contributed by atoms with E-state index in [1.54, 1.807) is 7.11 Å². The molecule has 2 N–H and O–H groups in total. The third kappa shape index (κ3) is 4.47. The minimum absolute atomic E-state index is 0.00172. The first-order valence-electron chi connectivity index (χ1n) is 12.7. The van der Waals surface area contributed by atoms with E-state index in [1.165, 1.54) is 0 Å². The minimum Gasteiger partial charge on any atom is -0.493 e. The van der Waals surface area contributed by atoms with Gasteiger partial charge < -0.3 is 29.6 Å². The van der Waals surface area contributed by atoms with Gasteiger partial charge in [0.1, 0.15) is 0 Å². The predicted octanol–water partition coefficient (Wildman–Crippen LogP) is 6.95. The number of hydrogen-bond acceptors (Lipinski definition) is 7. The van der Waals surface area contributed by atoms with Gasteiger partial charge in [-0.2, -0.15) is 0 Å². The Morgan fingerprint density at radius 1 is 0.974 bits per heavy atom. The first-order valence-corrected chi connectivity index (χ1v) is 13.5. The van der Waals surface area contributed by atoms with E-state index in [9.17, 15) is 4.79 Å². The van der Waals surface area contributed by atoms with E-state index in [2.05, 4.69) is 26.6 Å². The molecule has 0 spiro atoms. The molecule has 0 saturated heterocycles. The number of ketones is 1. The number of ether oxygens (including phenoxy) is 4. The van der Waals surface area contributed by atoms with E-state index in [-0.39, 0.29) is 30.6 Å². The van der Waals surface area contributed by atoms with Gasteiger partial charge in [0.25, 0.3) is 0 Å². The maximum absolute atomic E-state index is 13.9. The highest BCUT2D eigenvalue weighted by Gasteiger charge is 2.37. The molecule has 0 radical (unpaired) electrons. The quantitative estimate of drug-likeness (QED) is 0.340. The van der Waals surface area contributed by atoms with Gasteiger partial charge in [-0.1, -0.05) is 34.1 Å². The molecular weight excluding hydrogens is 548 g/mol. The Kier molecular flexibility index (Phi) is 6.43. The highest BCUT2D eigenvalue weighted by atomic mass is 79.9. The van der Waals surface area contributed by atoms with Crippen LogP contribution in [0, 0.1) is 0 Å². The summed E-state index contributed by atoms with van der Waals surface area (Å²) in [6.45, 7) is 4.16. The minimum atomic E-state index is -0.366. The second-order valence-electron chi connectivity index (χ2n) is 9.97. The van der Waals surface area contributed by atoms with E-state index < -0.39 is 0 Å². The molecule has 2 heterocycles. The molecule has 196 valence electrons. The van der Waals surface area contributed by atoms with E-state index in [4.69, 9.17) is 18.9 Å². The van der Waals surface area contributed by atoms with Crippen LogP contribution in [0.25, 0.3) is 0 Å². The second kappa shape index (κ2) is 9.91. The molecule has 2 aliphatic heterocycles. The molecule has 0 bridgehead atoms. The number of anilines is 2. The monoisotopic (exact) mass is 576 g/mol. The Morgan fingerprint density at radius 2 is 1.74 bits per heavy atom. The Hall–Kier alpha value is -3.65. The van der Waals surface area contributed by atoms with Crippen molar-refractivity contribution in [1.29, 1.82) is 0 Å². The van der Waals surface area contributed by atoms with Gasteiger partial charge in [0.05, 0.1) is 30.6 Å². The van der Waals surface area contributed by atoms with Crippen LogP contribution < -0.4 is 29.6 Å². The second-order valence-corrected chi connectivity index (χ2v) is 10.8. The third-order valence-corrected chi connectivity index (χ3v) is 7.82. The average Bonchev–Trinajstić information content (AvgIpc) is 3.27. The summed E-state index contributed by atoms with van der Waals surface area (Å²) in [4.78, 5) is 13.9. The zero-order chi connectivity index (χ0) is 26.4. The van der Waals surface area contributed by atoms with Crippen LogP contribution in [0.2, 0.25) is 0 Å². The third-order valence-electron chi connectivity index (χ3n) is 7.13. The molecule has 2 unspecified atom stereocenters. The molecular formula is C30H29BrN2O5. The van der Waals surface area contributed by atoms with Crippen LogP contribution in [0.1, 0.15) is 49.8 Å². The van der Waals surface area contributed by atoms with Crippen molar-refractivity contribution >= 4 is 33.1 Å². The summed E-state index contributed by atoms with van der Waals surface area (Å²) in [6, 6.07) is 17.5. The molecule has 3 aliphatic rings. The topological polar surface area (TPSA) is 78.1 Å². The van der Waals surface area contributed by atoms with Crippen LogP contribution in [-0.2, 0) is 4.79 Å². The fourth-order valence-electron chi connectivity index (χ4n) is 5.40. The Labute approximate surface area is 230 Å². The van der Waals surface area contributed by atoms with Gasteiger partial charge in [0.2, 0.25) is 6.79 Å².